The van der Waals surface area contributed by atoms with Crippen LogP contribution in [0.2, 0.25) is 0 Å². The van der Waals surface area contributed by atoms with Crippen molar-refractivity contribution in [1.29, 1.82) is 0 Å². The zero-order valence-corrected chi connectivity index (χ0v) is 14.1. The predicted molar refractivity (Wildman–Crippen MR) is 90.8 cm³/mol. The number of benzene rings is 1. The Labute approximate surface area is 145 Å². The Bertz CT molecular complexity index is 894. The lowest BCUT2D eigenvalue weighted by molar-refractivity contribution is -0.136. The van der Waals surface area contributed by atoms with E-state index in [9.17, 15) is 18.0 Å². The van der Waals surface area contributed by atoms with Gasteiger partial charge in [-0.3, -0.25) is 14.7 Å². The summed E-state index contributed by atoms with van der Waals surface area (Å²) in [6, 6.07) is 5.25. The fourth-order valence-corrected chi connectivity index (χ4v) is 3.19. The molecule has 2 heterocycles. The van der Waals surface area contributed by atoms with E-state index >= 15 is 0 Å². The summed E-state index contributed by atoms with van der Waals surface area (Å²) < 4.78 is 39.2. The van der Waals surface area contributed by atoms with E-state index in [0.717, 1.165) is 12.5 Å². The van der Waals surface area contributed by atoms with Crippen molar-refractivity contribution in [2.75, 3.05) is 11.4 Å². The normalized spacial score (nSPS) is 11.7. The number of halogens is 3. The molecule has 0 atom stereocenters. The molecule has 0 bridgehead atoms. The minimum absolute atomic E-state index is 0.164. The molecule has 130 valence electrons. The fraction of sp³-hybridized carbons (Fsp3) is 0.235. The van der Waals surface area contributed by atoms with Crippen molar-refractivity contribution in [2.24, 2.45) is 0 Å². The van der Waals surface area contributed by atoms with Gasteiger partial charge in [0.15, 0.2) is 5.13 Å². The van der Waals surface area contributed by atoms with E-state index in [1.807, 2.05) is 6.92 Å². The Morgan fingerprint density at radius 2 is 2.08 bits per heavy atom. The van der Waals surface area contributed by atoms with Crippen LogP contribution in [0.4, 0.5) is 18.3 Å². The second-order valence-electron chi connectivity index (χ2n) is 5.37. The number of rotatable bonds is 4. The largest absolute Gasteiger partial charge is 0.418 e. The maximum Gasteiger partial charge on any atom is 0.418 e. The van der Waals surface area contributed by atoms with E-state index < -0.39 is 11.7 Å². The van der Waals surface area contributed by atoms with Crippen LogP contribution in [-0.2, 0) is 6.18 Å². The van der Waals surface area contributed by atoms with Crippen molar-refractivity contribution < 1.29 is 18.0 Å². The Hall–Kier alpha value is -2.48. The molecule has 0 aliphatic carbocycles. The third-order valence-corrected chi connectivity index (χ3v) is 4.40. The molecule has 0 aliphatic rings. The highest BCUT2D eigenvalue weighted by Crippen LogP contribution is 2.34. The van der Waals surface area contributed by atoms with Gasteiger partial charge >= 0.3 is 6.18 Å². The minimum atomic E-state index is -4.49. The van der Waals surface area contributed by atoms with Crippen LogP contribution in [0.5, 0.6) is 0 Å². The molecule has 0 N–H and O–H groups in total. The molecule has 0 aliphatic heterocycles. The first-order valence-electron chi connectivity index (χ1n) is 7.59. The molecule has 2 aromatic heterocycles. The molecular formula is C17H14F3N3OS. The number of hydrogen-bond donors (Lipinski definition) is 0. The lowest BCUT2D eigenvalue weighted by Crippen LogP contribution is -2.31. The highest BCUT2D eigenvalue weighted by molar-refractivity contribution is 7.13. The third kappa shape index (κ3) is 3.48. The maximum atomic E-state index is 13.1. The summed E-state index contributed by atoms with van der Waals surface area (Å²) in [5.41, 5.74) is -0.743. The Balaban J connectivity index is 2.02. The highest BCUT2D eigenvalue weighted by atomic mass is 32.1. The molecule has 1 amide bonds. The monoisotopic (exact) mass is 365 g/mol. The molecule has 0 saturated carbocycles. The van der Waals surface area contributed by atoms with Crippen LogP contribution in [0.3, 0.4) is 0 Å². The zero-order chi connectivity index (χ0) is 18.0. The van der Waals surface area contributed by atoms with Crippen molar-refractivity contribution in [2.45, 2.75) is 19.5 Å². The number of aromatic nitrogens is 2. The molecule has 1 aromatic carbocycles. The summed E-state index contributed by atoms with van der Waals surface area (Å²) in [5, 5.41) is 2.59. The van der Waals surface area contributed by atoms with Gasteiger partial charge in [0, 0.05) is 29.7 Å². The van der Waals surface area contributed by atoms with Crippen molar-refractivity contribution in [3.63, 3.8) is 0 Å². The Morgan fingerprint density at radius 1 is 1.28 bits per heavy atom. The molecule has 0 fully saturated rings. The fourth-order valence-electron chi connectivity index (χ4n) is 2.52. The van der Waals surface area contributed by atoms with E-state index in [1.54, 1.807) is 11.6 Å². The number of carbonyl (C=O) groups excluding carboxylic acids is 1. The van der Waals surface area contributed by atoms with Crippen LogP contribution in [0.15, 0.2) is 42.0 Å². The lowest BCUT2D eigenvalue weighted by atomic mass is 10.1. The number of para-hydroxylation sites is 1. The standard InChI is InChI=1S/C17H14F3N3OS/c1-2-7-23(16-21-6-8-25-16)15(24)12-9-11-4-3-5-13(17(18,19)20)14(11)22-10-12/h3-6,8-10H,2,7H2,1H3. The summed E-state index contributed by atoms with van der Waals surface area (Å²) in [6.45, 7) is 2.40. The molecule has 0 saturated heterocycles. The molecule has 8 heteroatoms. The van der Waals surface area contributed by atoms with Crippen LogP contribution < -0.4 is 4.90 Å². The van der Waals surface area contributed by atoms with Gasteiger partial charge in [-0.1, -0.05) is 19.1 Å². The minimum Gasteiger partial charge on any atom is -0.284 e. The van der Waals surface area contributed by atoms with Gasteiger partial charge in [-0.2, -0.15) is 13.2 Å². The van der Waals surface area contributed by atoms with Gasteiger partial charge in [0.25, 0.3) is 5.91 Å². The first kappa shape index (κ1) is 17.3. The molecule has 3 aromatic rings. The maximum absolute atomic E-state index is 13.1. The topological polar surface area (TPSA) is 46.1 Å². The van der Waals surface area contributed by atoms with Crippen LogP contribution in [0.1, 0.15) is 29.3 Å². The summed E-state index contributed by atoms with van der Waals surface area (Å²) in [5.74, 6) is -0.330. The number of amides is 1. The summed E-state index contributed by atoms with van der Waals surface area (Å²) >= 11 is 1.33. The third-order valence-electron chi connectivity index (χ3n) is 3.61. The van der Waals surface area contributed by atoms with Crippen LogP contribution in [0.25, 0.3) is 10.9 Å². The van der Waals surface area contributed by atoms with Crippen LogP contribution >= 0.6 is 11.3 Å². The van der Waals surface area contributed by atoms with E-state index in [0.29, 0.717) is 11.7 Å². The second kappa shape index (κ2) is 6.79. The number of nitrogens with zero attached hydrogens (tertiary/aromatic N) is 3. The van der Waals surface area contributed by atoms with Crippen molar-refractivity contribution in [3.05, 3.63) is 53.2 Å². The zero-order valence-electron chi connectivity index (χ0n) is 13.2. The smallest absolute Gasteiger partial charge is 0.284 e. The second-order valence-corrected chi connectivity index (χ2v) is 6.24. The first-order valence-corrected chi connectivity index (χ1v) is 8.47. The molecule has 0 unspecified atom stereocenters. The van der Waals surface area contributed by atoms with E-state index in [2.05, 4.69) is 9.97 Å². The Kier molecular flexibility index (Phi) is 4.71. The number of anilines is 1. The van der Waals surface area contributed by atoms with Gasteiger partial charge < -0.3 is 0 Å². The van der Waals surface area contributed by atoms with E-state index in [-0.39, 0.29) is 22.4 Å². The lowest BCUT2D eigenvalue weighted by Gasteiger charge is -2.19. The van der Waals surface area contributed by atoms with Gasteiger partial charge in [-0.05, 0) is 18.6 Å². The summed E-state index contributed by atoms with van der Waals surface area (Å²) in [6.07, 6.45) is -0.974. The average molecular weight is 365 g/mol. The van der Waals surface area contributed by atoms with Gasteiger partial charge in [-0.15, -0.1) is 11.3 Å². The number of hydrogen-bond acceptors (Lipinski definition) is 4. The van der Waals surface area contributed by atoms with Gasteiger partial charge in [0.2, 0.25) is 0 Å². The summed E-state index contributed by atoms with van der Waals surface area (Å²) in [7, 11) is 0. The van der Waals surface area contributed by atoms with Crippen molar-refractivity contribution in [3.8, 4) is 0 Å². The van der Waals surface area contributed by atoms with E-state index in [1.165, 1.54) is 40.6 Å². The number of fused-ring (bicyclic) bond motifs is 1. The van der Waals surface area contributed by atoms with Gasteiger partial charge in [0.05, 0.1) is 16.6 Å². The van der Waals surface area contributed by atoms with Gasteiger partial charge in [-0.25, -0.2) is 4.98 Å². The number of thiazole rings is 1. The van der Waals surface area contributed by atoms with Crippen LogP contribution in [-0.4, -0.2) is 22.4 Å². The van der Waals surface area contributed by atoms with Gasteiger partial charge in [0.1, 0.15) is 0 Å². The summed E-state index contributed by atoms with van der Waals surface area (Å²) in [4.78, 5) is 22.4. The molecule has 0 spiro atoms. The molecule has 0 radical (unpaired) electrons. The van der Waals surface area contributed by atoms with Crippen molar-refractivity contribution in [1.82, 2.24) is 9.97 Å². The average Bonchev–Trinajstić information content (AvgIpc) is 3.11. The molecule has 3 rings (SSSR count). The number of carbonyl (C=O) groups is 1. The highest BCUT2D eigenvalue weighted by Gasteiger charge is 2.33. The number of alkyl halides is 3. The van der Waals surface area contributed by atoms with Crippen LogP contribution in [0, 0.1) is 0 Å². The first-order chi connectivity index (χ1) is 11.9. The Morgan fingerprint density at radius 3 is 2.72 bits per heavy atom. The quantitative estimate of drug-likeness (QED) is 0.669. The predicted octanol–water partition coefficient (Wildman–Crippen LogP) is 4.77. The molecule has 25 heavy (non-hydrogen) atoms. The van der Waals surface area contributed by atoms with Crippen molar-refractivity contribution >= 4 is 33.3 Å². The molecular weight excluding hydrogens is 351 g/mol. The van der Waals surface area contributed by atoms with E-state index in [4.69, 9.17) is 0 Å². The number of pyridine rings is 1. The molecule has 4 nitrogen and oxygen atoms in total. The SMILES string of the molecule is CCCN(C(=O)c1cnc2c(C(F)(F)F)cccc2c1)c1nccs1.